The number of carbonyl (C=O) groups excluding carboxylic acids is 1. The Kier molecular flexibility index (Phi) is 7.29. The number of aromatic nitrogens is 4. The van der Waals surface area contributed by atoms with Crippen molar-refractivity contribution in [3.05, 3.63) is 12.7 Å². The number of anilines is 1. The Morgan fingerprint density at radius 2 is 2.11 bits per heavy atom. The first kappa shape index (κ1) is 22.0. The predicted molar refractivity (Wildman–Crippen MR) is 88.6 cm³/mol. The Balaban J connectivity index is 1.91. The molecule has 1 unspecified atom stereocenters. The molecule has 28 heavy (non-hydrogen) atoms. The van der Waals surface area contributed by atoms with Gasteiger partial charge in [0.2, 0.25) is 0 Å². The number of hydrogen-bond acceptors (Lipinski definition) is 8. The van der Waals surface area contributed by atoms with E-state index < -0.39 is 32.8 Å². The van der Waals surface area contributed by atoms with Gasteiger partial charge >= 0.3 is 19.9 Å². The average Bonchev–Trinajstić information content (AvgIpc) is 3.01. The molecule has 0 aliphatic carbocycles. The SMILES string of the molecule is CCOC(=O)Nc1ncnc2c1ncn2CCOCP(=O)(O)OCC(F)(F)F. The van der Waals surface area contributed by atoms with Crippen molar-refractivity contribution in [2.75, 3.05) is 31.5 Å². The van der Waals surface area contributed by atoms with Crippen LogP contribution in [0.3, 0.4) is 0 Å². The summed E-state index contributed by atoms with van der Waals surface area (Å²) in [5.74, 6) is 0.128. The average molecular weight is 427 g/mol. The third-order valence-electron chi connectivity index (χ3n) is 3.06. The van der Waals surface area contributed by atoms with Crippen LogP contribution >= 0.6 is 7.60 Å². The molecule has 2 heterocycles. The first-order valence-corrected chi connectivity index (χ1v) is 9.58. The maximum atomic E-state index is 12.0. The van der Waals surface area contributed by atoms with Gasteiger partial charge in [0.05, 0.1) is 19.5 Å². The van der Waals surface area contributed by atoms with Crippen LogP contribution in [0.1, 0.15) is 6.92 Å². The number of nitrogens with zero attached hydrogens (tertiary/aromatic N) is 4. The van der Waals surface area contributed by atoms with E-state index in [1.165, 1.54) is 17.2 Å². The lowest BCUT2D eigenvalue weighted by atomic mass is 10.5. The summed E-state index contributed by atoms with van der Waals surface area (Å²) in [5.41, 5.74) is 0.614. The molecule has 15 heteroatoms. The van der Waals surface area contributed by atoms with Crippen molar-refractivity contribution >= 4 is 30.7 Å². The molecule has 0 radical (unpaired) electrons. The van der Waals surface area contributed by atoms with Crippen molar-refractivity contribution in [2.24, 2.45) is 0 Å². The molecule has 1 atom stereocenters. The highest BCUT2D eigenvalue weighted by atomic mass is 31.2. The summed E-state index contributed by atoms with van der Waals surface area (Å²) in [7, 11) is -4.53. The molecule has 0 spiro atoms. The molecule has 2 rings (SSSR count). The zero-order chi connectivity index (χ0) is 20.8. The highest BCUT2D eigenvalue weighted by Crippen LogP contribution is 2.43. The van der Waals surface area contributed by atoms with Crippen molar-refractivity contribution in [1.29, 1.82) is 0 Å². The van der Waals surface area contributed by atoms with Crippen molar-refractivity contribution in [1.82, 2.24) is 19.5 Å². The van der Waals surface area contributed by atoms with Crippen LogP contribution in [0.15, 0.2) is 12.7 Å². The molecular formula is C13H17F3N5O6P. The van der Waals surface area contributed by atoms with Crippen LogP contribution in [0.25, 0.3) is 11.2 Å². The van der Waals surface area contributed by atoms with Gasteiger partial charge in [0.1, 0.15) is 12.7 Å². The van der Waals surface area contributed by atoms with Crippen molar-refractivity contribution in [3.8, 4) is 0 Å². The predicted octanol–water partition coefficient (Wildman–Crippen LogP) is 2.13. The van der Waals surface area contributed by atoms with E-state index in [9.17, 15) is 27.4 Å². The highest BCUT2D eigenvalue weighted by Gasteiger charge is 2.32. The van der Waals surface area contributed by atoms with Crippen LogP contribution in [0.2, 0.25) is 0 Å². The van der Waals surface area contributed by atoms with E-state index in [1.807, 2.05) is 0 Å². The van der Waals surface area contributed by atoms with Crippen molar-refractivity contribution < 1.29 is 41.4 Å². The number of ether oxygens (including phenoxy) is 2. The van der Waals surface area contributed by atoms with E-state index in [0.29, 0.717) is 5.65 Å². The molecule has 156 valence electrons. The molecule has 2 aromatic rings. The van der Waals surface area contributed by atoms with Gasteiger partial charge < -0.3 is 18.9 Å². The number of carbonyl (C=O) groups is 1. The third-order valence-corrected chi connectivity index (χ3v) is 4.10. The quantitative estimate of drug-likeness (QED) is 0.455. The van der Waals surface area contributed by atoms with Crippen LogP contribution in [0, 0.1) is 0 Å². The summed E-state index contributed by atoms with van der Waals surface area (Å²) in [6, 6.07) is 0. The fourth-order valence-corrected chi connectivity index (χ4v) is 2.74. The number of halogens is 3. The number of hydrogen-bond donors (Lipinski definition) is 2. The Labute approximate surface area is 156 Å². The zero-order valence-corrected chi connectivity index (χ0v) is 15.4. The molecule has 2 aromatic heterocycles. The molecule has 0 aliphatic rings. The van der Waals surface area contributed by atoms with Gasteiger partial charge in [0.25, 0.3) is 0 Å². The second-order valence-corrected chi connectivity index (χ2v) is 7.03. The Hall–Kier alpha value is -2.28. The second kappa shape index (κ2) is 9.28. The van der Waals surface area contributed by atoms with E-state index in [1.54, 1.807) is 6.92 Å². The Morgan fingerprint density at radius 3 is 2.79 bits per heavy atom. The number of imidazole rings is 1. The molecule has 0 saturated heterocycles. The summed E-state index contributed by atoms with van der Waals surface area (Å²) in [6.45, 7) is -0.0400. The number of alkyl halides is 3. The molecule has 2 N–H and O–H groups in total. The summed E-state index contributed by atoms with van der Waals surface area (Å²) < 4.78 is 62.6. The molecule has 0 bridgehead atoms. The lowest BCUT2D eigenvalue weighted by Crippen LogP contribution is -2.17. The zero-order valence-electron chi connectivity index (χ0n) is 14.5. The van der Waals surface area contributed by atoms with Gasteiger partial charge in [-0.1, -0.05) is 0 Å². The normalized spacial score (nSPS) is 14.0. The minimum Gasteiger partial charge on any atom is -0.450 e. The molecular weight excluding hydrogens is 410 g/mol. The first-order chi connectivity index (χ1) is 13.1. The van der Waals surface area contributed by atoms with Gasteiger partial charge in [0.15, 0.2) is 23.6 Å². The summed E-state index contributed by atoms with van der Waals surface area (Å²) in [5, 5.41) is 2.41. The highest BCUT2D eigenvalue weighted by molar-refractivity contribution is 7.52. The summed E-state index contributed by atoms with van der Waals surface area (Å²) in [4.78, 5) is 32.8. The molecule has 0 aliphatic heterocycles. The minimum absolute atomic E-state index is 0.117. The lowest BCUT2D eigenvalue weighted by Gasteiger charge is -2.14. The maximum Gasteiger partial charge on any atom is 0.412 e. The van der Waals surface area contributed by atoms with Gasteiger partial charge in [-0.15, -0.1) is 0 Å². The van der Waals surface area contributed by atoms with E-state index in [2.05, 4.69) is 24.8 Å². The Morgan fingerprint density at radius 1 is 1.36 bits per heavy atom. The van der Waals surface area contributed by atoms with E-state index in [4.69, 9.17) is 9.47 Å². The van der Waals surface area contributed by atoms with Crippen LogP contribution in [-0.2, 0) is 25.1 Å². The molecule has 0 aromatic carbocycles. The van der Waals surface area contributed by atoms with Crippen LogP contribution < -0.4 is 5.32 Å². The molecule has 0 saturated carbocycles. The largest absolute Gasteiger partial charge is 0.450 e. The number of fused-ring (bicyclic) bond motifs is 1. The number of nitrogens with one attached hydrogen (secondary N) is 1. The molecule has 0 fully saturated rings. The Bertz CT molecular complexity index is 861. The first-order valence-electron chi connectivity index (χ1n) is 7.82. The fourth-order valence-electron chi connectivity index (χ4n) is 1.95. The standard InChI is InChI=1S/C13H17F3N5O6P/c1-2-26-12(22)20-10-9-11(18-6-17-10)21(7-19-9)3-4-25-8-28(23,24)27-5-13(14,15)16/h6-7H,2-5,8H2,1H3,(H,23,24)(H,17,18,20,22). The number of rotatable bonds is 9. The summed E-state index contributed by atoms with van der Waals surface area (Å²) in [6.07, 6.45) is -3.77. The van der Waals surface area contributed by atoms with E-state index in [0.717, 1.165) is 0 Å². The van der Waals surface area contributed by atoms with Gasteiger partial charge in [-0.2, -0.15) is 13.2 Å². The van der Waals surface area contributed by atoms with Gasteiger partial charge in [-0.3, -0.25) is 14.4 Å². The van der Waals surface area contributed by atoms with Crippen molar-refractivity contribution in [3.63, 3.8) is 0 Å². The smallest absolute Gasteiger partial charge is 0.412 e. The fraction of sp³-hybridized carbons (Fsp3) is 0.538. The maximum absolute atomic E-state index is 12.0. The molecule has 11 nitrogen and oxygen atoms in total. The van der Waals surface area contributed by atoms with Gasteiger partial charge in [-0.05, 0) is 6.92 Å². The van der Waals surface area contributed by atoms with Crippen LogP contribution in [0.5, 0.6) is 0 Å². The monoisotopic (exact) mass is 427 g/mol. The second-order valence-electron chi connectivity index (χ2n) is 5.24. The molecule has 1 amide bonds. The summed E-state index contributed by atoms with van der Waals surface area (Å²) >= 11 is 0. The van der Waals surface area contributed by atoms with Gasteiger partial charge in [0, 0.05) is 6.54 Å². The third kappa shape index (κ3) is 6.71. The van der Waals surface area contributed by atoms with Gasteiger partial charge in [-0.25, -0.2) is 19.7 Å². The van der Waals surface area contributed by atoms with Crippen LogP contribution in [0.4, 0.5) is 23.8 Å². The topological polar surface area (TPSA) is 138 Å². The minimum atomic E-state index is -4.72. The lowest BCUT2D eigenvalue weighted by molar-refractivity contribution is -0.155. The van der Waals surface area contributed by atoms with Crippen LogP contribution in [-0.4, -0.2) is 62.9 Å². The van der Waals surface area contributed by atoms with E-state index >= 15 is 0 Å². The van der Waals surface area contributed by atoms with E-state index in [-0.39, 0.29) is 31.1 Å². The van der Waals surface area contributed by atoms with Crippen molar-refractivity contribution in [2.45, 2.75) is 19.6 Å². The number of amides is 1.